The van der Waals surface area contributed by atoms with Gasteiger partial charge in [0.15, 0.2) is 6.10 Å². The fraction of sp³-hybridized carbons (Fsp3) is 0.292. The number of amides is 2. The number of benzene rings is 1. The minimum Gasteiger partial charge on any atom is -0.352 e. The van der Waals surface area contributed by atoms with Crippen LogP contribution in [0, 0.1) is 0 Å². The van der Waals surface area contributed by atoms with E-state index in [4.69, 9.17) is 4.74 Å². The predicted molar refractivity (Wildman–Crippen MR) is 117 cm³/mol. The SMILES string of the molecule is O=C(NCc1cccnc1)[C@H]1OC2(CCN(C(=O)c3cccs3)CC2)c2ccccc21. The highest BCUT2D eigenvalue weighted by Crippen LogP contribution is 2.49. The van der Waals surface area contributed by atoms with Gasteiger partial charge in [-0.2, -0.15) is 0 Å². The summed E-state index contributed by atoms with van der Waals surface area (Å²) in [5.74, 6) is -0.0767. The Morgan fingerprint density at radius 2 is 1.97 bits per heavy atom. The van der Waals surface area contributed by atoms with E-state index in [0.29, 0.717) is 32.5 Å². The number of rotatable bonds is 4. The molecule has 2 amide bonds. The Labute approximate surface area is 184 Å². The molecule has 1 saturated heterocycles. The van der Waals surface area contributed by atoms with E-state index in [1.807, 2.05) is 52.7 Å². The van der Waals surface area contributed by atoms with Crippen molar-refractivity contribution in [2.75, 3.05) is 13.1 Å². The van der Waals surface area contributed by atoms with Crippen LogP contribution in [0.25, 0.3) is 0 Å². The molecule has 7 heteroatoms. The van der Waals surface area contributed by atoms with Gasteiger partial charge in [0.05, 0.1) is 10.5 Å². The first kappa shape index (κ1) is 19.9. The Morgan fingerprint density at radius 3 is 2.71 bits per heavy atom. The van der Waals surface area contributed by atoms with Crippen molar-refractivity contribution in [2.45, 2.75) is 31.1 Å². The lowest BCUT2D eigenvalue weighted by Gasteiger charge is -2.39. The number of thiophene rings is 1. The Balaban J connectivity index is 1.31. The van der Waals surface area contributed by atoms with Crippen molar-refractivity contribution < 1.29 is 14.3 Å². The van der Waals surface area contributed by atoms with E-state index in [0.717, 1.165) is 21.6 Å². The minimum atomic E-state index is -0.646. The fourth-order valence-corrected chi connectivity index (χ4v) is 5.18. The van der Waals surface area contributed by atoms with Gasteiger partial charge >= 0.3 is 0 Å². The number of nitrogens with zero attached hydrogens (tertiary/aromatic N) is 2. The van der Waals surface area contributed by atoms with Gasteiger partial charge in [-0.05, 0) is 47.0 Å². The van der Waals surface area contributed by atoms with Crippen LogP contribution in [0.2, 0.25) is 0 Å². The fourth-order valence-electron chi connectivity index (χ4n) is 4.49. The Hall–Kier alpha value is -3.03. The van der Waals surface area contributed by atoms with Gasteiger partial charge in [-0.25, -0.2) is 0 Å². The van der Waals surface area contributed by atoms with Gasteiger partial charge in [0.25, 0.3) is 11.8 Å². The summed E-state index contributed by atoms with van der Waals surface area (Å²) >= 11 is 1.47. The molecule has 158 valence electrons. The lowest BCUT2D eigenvalue weighted by Crippen LogP contribution is -2.45. The van der Waals surface area contributed by atoms with Crippen LogP contribution >= 0.6 is 11.3 Å². The molecule has 6 nitrogen and oxygen atoms in total. The summed E-state index contributed by atoms with van der Waals surface area (Å²) in [5.41, 5.74) is 2.40. The van der Waals surface area contributed by atoms with Gasteiger partial charge in [0, 0.05) is 32.0 Å². The molecule has 1 fully saturated rings. The van der Waals surface area contributed by atoms with Gasteiger partial charge in [-0.1, -0.05) is 36.4 Å². The van der Waals surface area contributed by atoms with E-state index >= 15 is 0 Å². The topological polar surface area (TPSA) is 71.5 Å². The number of nitrogens with one attached hydrogen (secondary N) is 1. The highest BCUT2D eigenvalue weighted by atomic mass is 32.1. The third-order valence-corrected chi connectivity index (χ3v) is 6.95. The summed E-state index contributed by atoms with van der Waals surface area (Å²) in [6, 6.07) is 15.5. The van der Waals surface area contributed by atoms with Crippen LogP contribution in [0.3, 0.4) is 0 Å². The van der Waals surface area contributed by atoms with Crippen molar-refractivity contribution in [3.05, 3.63) is 87.9 Å². The smallest absolute Gasteiger partial charge is 0.263 e. The molecule has 0 bridgehead atoms. The average Bonchev–Trinajstić information content (AvgIpc) is 3.46. The van der Waals surface area contributed by atoms with Crippen molar-refractivity contribution in [3.63, 3.8) is 0 Å². The molecule has 1 aromatic carbocycles. The second-order valence-corrected chi connectivity index (χ2v) is 8.88. The molecule has 0 radical (unpaired) electrons. The molecule has 2 aromatic heterocycles. The molecule has 31 heavy (non-hydrogen) atoms. The second kappa shape index (κ2) is 8.24. The van der Waals surface area contributed by atoms with Gasteiger partial charge in [-0.15, -0.1) is 11.3 Å². The quantitative estimate of drug-likeness (QED) is 0.682. The molecule has 1 N–H and O–H groups in total. The molecule has 2 aliphatic rings. The first-order valence-electron chi connectivity index (χ1n) is 10.4. The zero-order valence-electron chi connectivity index (χ0n) is 17.0. The van der Waals surface area contributed by atoms with Crippen LogP contribution in [0.5, 0.6) is 0 Å². The van der Waals surface area contributed by atoms with E-state index in [1.54, 1.807) is 12.4 Å². The van der Waals surface area contributed by atoms with Crippen molar-refractivity contribution in [2.24, 2.45) is 0 Å². The summed E-state index contributed by atoms with van der Waals surface area (Å²) < 4.78 is 6.47. The van der Waals surface area contributed by atoms with Crippen molar-refractivity contribution >= 4 is 23.2 Å². The molecule has 1 spiro atoms. The number of likely N-dealkylation sites (tertiary alicyclic amines) is 1. The molecule has 0 unspecified atom stereocenters. The molecule has 1 atom stereocenters. The van der Waals surface area contributed by atoms with E-state index in [-0.39, 0.29) is 11.8 Å². The van der Waals surface area contributed by atoms with E-state index in [2.05, 4.69) is 16.4 Å². The average molecular weight is 434 g/mol. The number of hydrogen-bond acceptors (Lipinski definition) is 5. The van der Waals surface area contributed by atoms with Gasteiger partial charge in [-0.3, -0.25) is 14.6 Å². The van der Waals surface area contributed by atoms with Crippen molar-refractivity contribution in [3.8, 4) is 0 Å². The lowest BCUT2D eigenvalue weighted by molar-refractivity contribution is -0.150. The number of ether oxygens (including phenoxy) is 1. The Kier molecular flexibility index (Phi) is 5.29. The summed E-state index contributed by atoms with van der Waals surface area (Å²) in [5, 5.41) is 4.90. The van der Waals surface area contributed by atoms with E-state index in [9.17, 15) is 9.59 Å². The first-order chi connectivity index (χ1) is 15.2. The standard InChI is InChI=1S/C24H23N3O3S/c28-22(26-16-17-5-3-11-25-15-17)21-18-6-1-2-7-19(18)24(30-21)9-12-27(13-10-24)23(29)20-8-4-14-31-20/h1-8,11,14-15,21H,9-10,12-13,16H2,(H,26,28)/t21-/m0/s1. The zero-order chi connectivity index (χ0) is 21.3. The predicted octanol–water partition coefficient (Wildman–Crippen LogP) is 3.66. The van der Waals surface area contributed by atoms with Crippen LogP contribution in [0.15, 0.2) is 66.3 Å². The highest BCUT2D eigenvalue weighted by molar-refractivity contribution is 7.12. The van der Waals surface area contributed by atoms with Crippen LogP contribution in [-0.4, -0.2) is 34.8 Å². The normalized spacial score (nSPS) is 19.2. The Bertz CT molecular complexity index is 1080. The third kappa shape index (κ3) is 3.75. The minimum absolute atomic E-state index is 0.0712. The number of fused-ring (bicyclic) bond motifs is 2. The number of hydrogen-bond donors (Lipinski definition) is 1. The molecular formula is C24H23N3O3S. The zero-order valence-corrected chi connectivity index (χ0v) is 17.8. The highest BCUT2D eigenvalue weighted by Gasteiger charge is 2.49. The maximum absolute atomic E-state index is 13.0. The van der Waals surface area contributed by atoms with Crippen LogP contribution < -0.4 is 5.32 Å². The van der Waals surface area contributed by atoms with E-state index < -0.39 is 11.7 Å². The van der Waals surface area contributed by atoms with E-state index in [1.165, 1.54) is 11.3 Å². The molecule has 2 aliphatic heterocycles. The number of aromatic nitrogens is 1. The maximum atomic E-state index is 13.0. The van der Waals surface area contributed by atoms with Crippen molar-refractivity contribution in [1.29, 1.82) is 0 Å². The molecule has 0 saturated carbocycles. The largest absolute Gasteiger partial charge is 0.352 e. The second-order valence-electron chi connectivity index (χ2n) is 7.93. The number of pyridine rings is 1. The molecule has 0 aliphatic carbocycles. The third-order valence-electron chi connectivity index (χ3n) is 6.10. The van der Waals surface area contributed by atoms with Crippen LogP contribution in [0.1, 0.15) is 45.3 Å². The van der Waals surface area contributed by atoms with Gasteiger partial charge in [0.1, 0.15) is 0 Å². The molecular weight excluding hydrogens is 410 g/mol. The monoisotopic (exact) mass is 433 g/mol. The number of carbonyl (C=O) groups excluding carboxylic acids is 2. The van der Waals surface area contributed by atoms with Crippen LogP contribution in [0.4, 0.5) is 0 Å². The Morgan fingerprint density at radius 1 is 1.13 bits per heavy atom. The van der Waals surface area contributed by atoms with Gasteiger partial charge in [0.2, 0.25) is 0 Å². The summed E-state index contributed by atoms with van der Waals surface area (Å²) in [7, 11) is 0. The van der Waals surface area contributed by atoms with Crippen molar-refractivity contribution in [1.82, 2.24) is 15.2 Å². The van der Waals surface area contributed by atoms with Gasteiger partial charge < -0.3 is 15.0 Å². The molecule has 4 heterocycles. The summed E-state index contributed by atoms with van der Waals surface area (Å²) in [6.45, 7) is 1.62. The maximum Gasteiger partial charge on any atom is 0.263 e. The number of carbonyl (C=O) groups is 2. The first-order valence-corrected chi connectivity index (χ1v) is 11.3. The van der Waals surface area contributed by atoms with Crippen LogP contribution in [-0.2, 0) is 21.7 Å². The lowest BCUT2D eigenvalue weighted by atomic mass is 9.83. The molecule has 3 aromatic rings. The molecule has 5 rings (SSSR count). The summed E-state index contributed by atoms with van der Waals surface area (Å²) in [6.07, 6.45) is 4.15. The number of piperidine rings is 1. The summed E-state index contributed by atoms with van der Waals surface area (Å²) in [4.78, 5) is 32.5.